The van der Waals surface area contributed by atoms with Crippen molar-refractivity contribution in [1.82, 2.24) is 4.90 Å². The Morgan fingerprint density at radius 1 is 1.12 bits per heavy atom. The van der Waals surface area contributed by atoms with Crippen molar-refractivity contribution in [1.29, 1.82) is 0 Å². The Bertz CT molecular complexity index is 787. The summed E-state index contributed by atoms with van der Waals surface area (Å²) in [4.78, 5) is 26.1. The molecule has 0 spiro atoms. The van der Waals surface area contributed by atoms with Crippen LogP contribution in [0.3, 0.4) is 0 Å². The molecule has 1 heterocycles. The highest BCUT2D eigenvalue weighted by atomic mass is 16.5. The highest BCUT2D eigenvalue weighted by Gasteiger charge is 2.32. The molecule has 0 saturated carbocycles. The van der Waals surface area contributed by atoms with Crippen molar-refractivity contribution in [2.75, 3.05) is 13.7 Å². The van der Waals surface area contributed by atoms with Gasteiger partial charge in [-0.25, -0.2) is 0 Å². The lowest BCUT2D eigenvalue weighted by atomic mass is 9.89. The fourth-order valence-corrected chi connectivity index (χ4v) is 3.31. The number of carbonyl (C=O) groups excluding carboxylic acids is 1. The summed E-state index contributed by atoms with van der Waals surface area (Å²) in [6.45, 7) is 1.10. The van der Waals surface area contributed by atoms with E-state index in [1.165, 1.54) is 0 Å². The maximum atomic E-state index is 12.8. The van der Waals surface area contributed by atoms with E-state index in [4.69, 9.17) is 4.74 Å². The lowest BCUT2D eigenvalue weighted by Gasteiger charge is -2.33. The topological polar surface area (TPSA) is 66.8 Å². The van der Waals surface area contributed by atoms with E-state index in [-0.39, 0.29) is 18.9 Å². The summed E-state index contributed by atoms with van der Waals surface area (Å²) >= 11 is 0. The summed E-state index contributed by atoms with van der Waals surface area (Å²) in [6, 6.07) is 15.1. The van der Waals surface area contributed by atoms with Crippen molar-refractivity contribution >= 4 is 11.9 Å². The van der Waals surface area contributed by atoms with Crippen molar-refractivity contribution in [2.24, 2.45) is 0 Å². The van der Waals surface area contributed by atoms with Crippen LogP contribution in [0.25, 0.3) is 0 Å². The molecule has 1 amide bonds. The highest BCUT2D eigenvalue weighted by molar-refractivity contribution is 5.83. The van der Waals surface area contributed by atoms with E-state index in [0.717, 1.165) is 22.3 Å². The van der Waals surface area contributed by atoms with Gasteiger partial charge < -0.3 is 14.7 Å². The number of nitrogens with zero attached hydrogens (tertiary/aromatic N) is 1. The highest BCUT2D eigenvalue weighted by Crippen LogP contribution is 2.29. The van der Waals surface area contributed by atoms with Gasteiger partial charge in [0.1, 0.15) is 0 Å². The molecule has 25 heavy (non-hydrogen) atoms. The van der Waals surface area contributed by atoms with Crippen LogP contribution in [0.15, 0.2) is 48.5 Å². The van der Waals surface area contributed by atoms with E-state index in [2.05, 4.69) is 0 Å². The normalized spacial score (nSPS) is 16.4. The molecule has 0 aliphatic carbocycles. The first-order valence-electron chi connectivity index (χ1n) is 8.24. The third-order valence-corrected chi connectivity index (χ3v) is 4.61. The maximum Gasteiger partial charge on any atom is 0.312 e. The molecule has 3 rings (SSSR count). The van der Waals surface area contributed by atoms with Crippen LogP contribution in [-0.4, -0.2) is 35.5 Å². The zero-order valence-electron chi connectivity index (χ0n) is 14.1. The summed E-state index contributed by atoms with van der Waals surface area (Å²) in [5, 5.41) is 9.53. The molecular weight excluding hydrogens is 318 g/mol. The van der Waals surface area contributed by atoms with Crippen LogP contribution in [-0.2, 0) is 33.9 Å². The van der Waals surface area contributed by atoms with Gasteiger partial charge in [0.15, 0.2) is 0 Å². The SMILES string of the molecule is COCc1ccccc1CC(=O)N1Cc2ccccc2C(C(=O)O)C1. The second-order valence-corrected chi connectivity index (χ2v) is 6.24. The molecule has 0 radical (unpaired) electrons. The predicted octanol–water partition coefficient (Wildman–Crippen LogP) is 2.59. The van der Waals surface area contributed by atoms with Crippen molar-refractivity contribution in [3.8, 4) is 0 Å². The summed E-state index contributed by atoms with van der Waals surface area (Å²) < 4.78 is 5.19. The number of ether oxygens (including phenoxy) is 1. The molecule has 0 aromatic heterocycles. The van der Waals surface area contributed by atoms with Gasteiger partial charge in [-0.15, -0.1) is 0 Å². The van der Waals surface area contributed by atoms with Gasteiger partial charge in [0.2, 0.25) is 5.91 Å². The first-order chi connectivity index (χ1) is 12.1. The second kappa shape index (κ2) is 7.49. The number of carboxylic acid groups (broad SMARTS) is 1. The zero-order valence-corrected chi connectivity index (χ0v) is 14.1. The van der Waals surface area contributed by atoms with Crippen molar-refractivity contribution in [3.63, 3.8) is 0 Å². The largest absolute Gasteiger partial charge is 0.481 e. The second-order valence-electron chi connectivity index (χ2n) is 6.24. The molecule has 1 N–H and O–H groups in total. The van der Waals surface area contributed by atoms with Crippen LogP contribution in [0.2, 0.25) is 0 Å². The summed E-state index contributed by atoms with van der Waals surface area (Å²) in [5.74, 6) is -1.64. The minimum atomic E-state index is -0.898. The number of rotatable bonds is 5. The van der Waals surface area contributed by atoms with Crippen LogP contribution in [0.1, 0.15) is 28.2 Å². The minimum Gasteiger partial charge on any atom is -0.481 e. The number of carbonyl (C=O) groups is 2. The zero-order chi connectivity index (χ0) is 17.8. The smallest absolute Gasteiger partial charge is 0.312 e. The molecule has 1 atom stereocenters. The molecule has 2 aromatic rings. The third kappa shape index (κ3) is 3.72. The number of carboxylic acids is 1. The van der Waals surface area contributed by atoms with Crippen LogP contribution in [0, 0.1) is 0 Å². The van der Waals surface area contributed by atoms with Crippen LogP contribution < -0.4 is 0 Å². The Kier molecular flexibility index (Phi) is 5.14. The molecule has 5 heteroatoms. The molecular formula is C20H21NO4. The van der Waals surface area contributed by atoms with Gasteiger partial charge in [0.25, 0.3) is 0 Å². The fraction of sp³-hybridized carbons (Fsp3) is 0.300. The maximum absolute atomic E-state index is 12.8. The molecule has 0 saturated heterocycles. The Labute approximate surface area is 146 Å². The first-order valence-corrected chi connectivity index (χ1v) is 8.24. The van der Waals surface area contributed by atoms with Gasteiger partial charge in [-0.2, -0.15) is 0 Å². The average molecular weight is 339 g/mol. The van der Waals surface area contributed by atoms with E-state index in [1.54, 1.807) is 12.0 Å². The van der Waals surface area contributed by atoms with E-state index >= 15 is 0 Å². The van der Waals surface area contributed by atoms with Gasteiger partial charge in [0, 0.05) is 20.2 Å². The Morgan fingerprint density at radius 2 is 1.80 bits per heavy atom. The monoisotopic (exact) mass is 339 g/mol. The fourth-order valence-electron chi connectivity index (χ4n) is 3.31. The number of benzene rings is 2. The first kappa shape index (κ1) is 17.2. The summed E-state index contributed by atoms with van der Waals surface area (Å²) in [7, 11) is 1.62. The molecule has 130 valence electrons. The predicted molar refractivity (Wildman–Crippen MR) is 93.1 cm³/mol. The molecule has 0 fully saturated rings. The van der Waals surface area contributed by atoms with Gasteiger partial charge in [-0.1, -0.05) is 48.5 Å². The quantitative estimate of drug-likeness (QED) is 0.909. The Hall–Kier alpha value is -2.66. The number of methoxy groups -OCH3 is 1. The average Bonchev–Trinajstić information content (AvgIpc) is 2.62. The minimum absolute atomic E-state index is 0.0655. The number of hydrogen-bond donors (Lipinski definition) is 1. The van der Waals surface area contributed by atoms with E-state index in [0.29, 0.717) is 13.2 Å². The number of fused-ring (bicyclic) bond motifs is 1. The van der Waals surface area contributed by atoms with Gasteiger partial charge in [-0.3, -0.25) is 9.59 Å². The molecule has 2 aromatic carbocycles. The van der Waals surface area contributed by atoms with Gasteiger partial charge >= 0.3 is 5.97 Å². The van der Waals surface area contributed by atoms with Crippen molar-refractivity contribution in [2.45, 2.75) is 25.5 Å². The van der Waals surface area contributed by atoms with Crippen LogP contribution in [0.5, 0.6) is 0 Å². The Balaban J connectivity index is 1.81. The summed E-state index contributed by atoms with van der Waals surface area (Å²) in [6.07, 6.45) is 0.244. The van der Waals surface area contributed by atoms with E-state index in [1.807, 2.05) is 48.5 Å². The third-order valence-electron chi connectivity index (χ3n) is 4.61. The van der Waals surface area contributed by atoms with Crippen LogP contribution in [0.4, 0.5) is 0 Å². The Morgan fingerprint density at radius 3 is 2.52 bits per heavy atom. The van der Waals surface area contributed by atoms with Crippen molar-refractivity contribution < 1.29 is 19.4 Å². The molecule has 1 unspecified atom stereocenters. The number of hydrogen-bond acceptors (Lipinski definition) is 3. The molecule has 1 aliphatic rings. The molecule has 1 aliphatic heterocycles. The molecule has 0 bridgehead atoms. The number of amides is 1. The van der Waals surface area contributed by atoms with Gasteiger partial charge in [-0.05, 0) is 22.3 Å². The van der Waals surface area contributed by atoms with E-state index < -0.39 is 11.9 Å². The van der Waals surface area contributed by atoms with Gasteiger partial charge in [0.05, 0.1) is 18.9 Å². The lowest BCUT2D eigenvalue weighted by molar-refractivity contribution is -0.141. The standard InChI is InChI=1S/C20H21NO4/c1-25-13-16-8-3-2-6-14(16)10-19(22)21-11-15-7-4-5-9-17(15)18(12-21)20(23)24/h2-9,18H,10-13H2,1H3,(H,23,24). The van der Waals surface area contributed by atoms with Crippen LogP contribution >= 0.6 is 0 Å². The number of aliphatic carboxylic acids is 1. The summed E-state index contributed by atoms with van der Waals surface area (Å²) in [5.41, 5.74) is 3.60. The van der Waals surface area contributed by atoms with Crippen molar-refractivity contribution in [3.05, 3.63) is 70.8 Å². The van der Waals surface area contributed by atoms with E-state index in [9.17, 15) is 14.7 Å². The molecule has 5 nitrogen and oxygen atoms in total. The lowest BCUT2D eigenvalue weighted by Crippen LogP contribution is -2.41.